The number of hydrogen-bond donors (Lipinski definition) is 0. The molecular weight excluding hydrogens is 288 g/mol. The van der Waals surface area contributed by atoms with Gasteiger partial charge in [0.1, 0.15) is 5.78 Å². The quantitative estimate of drug-likeness (QED) is 0.831. The summed E-state index contributed by atoms with van der Waals surface area (Å²) in [6, 6.07) is 4.25. The minimum absolute atomic E-state index is 0.0143. The highest BCUT2D eigenvalue weighted by Gasteiger charge is 2.29. The van der Waals surface area contributed by atoms with E-state index in [1.54, 1.807) is 0 Å². The molecule has 4 nitrogen and oxygen atoms in total. The van der Waals surface area contributed by atoms with Crippen LogP contribution in [0.1, 0.15) is 68.2 Å². The largest absolute Gasteiger partial charge is 0.356 e. The van der Waals surface area contributed by atoms with Crippen LogP contribution in [-0.2, 0) is 9.53 Å². The lowest BCUT2D eigenvalue weighted by molar-refractivity contribution is -0.121. The van der Waals surface area contributed by atoms with Crippen molar-refractivity contribution in [3.8, 4) is 0 Å². The van der Waals surface area contributed by atoms with Gasteiger partial charge in [-0.1, -0.05) is 18.6 Å². The second-order valence-corrected chi connectivity index (χ2v) is 6.91. The van der Waals surface area contributed by atoms with Gasteiger partial charge >= 0.3 is 0 Å². The smallest absolute Gasteiger partial charge is 0.150 e. The zero-order valence-electron chi connectivity index (χ0n) is 13.8. The topological polar surface area (TPSA) is 44.1 Å². The van der Waals surface area contributed by atoms with Crippen LogP contribution >= 0.6 is 0 Å². The van der Waals surface area contributed by atoms with Crippen molar-refractivity contribution in [3.63, 3.8) is 0 Å². The zero-order valence-corrected chi connectivity index (χ0v) is 13.8. The van der Waals surface area contributed by atoms with Crippen molar-refractivity contribution < 1.29 is 9.53 Å². The van der Waals surface area contributed by atoms with E-state index in [1.165, 1.54) is 17.5 Å². The lowest BCUT2D eigenvalue weighted by atomic mass is 9.80. The van der Waals surface area contributed by atoms with E-state index in [9.17, 15) is 4.79 Å². The number of hydrogen-bond acceptors (Lipinski definition) is 3. The van der Waals surface area contributed by atoms with E-state index in [4.69, 9.17) is 4.74 Å². The molecule has 1 saturated heterocycles. The molecule has 1 aliphatic heterocycles. The number of ketones is 1. The average Bonchev–Trinajstić information content (AvgIpc) is 3.01. The number of carbonyl (C=O) groups is 1. The molecule has 2 aromatic rings. The Kier molecular flexibility index (Phi) is 3.93. The molecule has 0 amide bonds. The van der Waals surface area contributed by atoms with Crippen LogP contribution in [0.15, 0.2) is 18.3 Å². The maximum absolute atomic E-state index is 12.5. The maximum atomic E-state index is 12.5. The molecule has 2 fully saturated rings. The molecule has 1 saturated carbocycles. The molecule has 4 heteroatoms. The number of aryl methyl sites for hydroxylation is 1. The van der Waals surface area contributed by atoms with Gasteiger partial charge in [0, 0.05) is 24.3 Å². The SMILES string of the molecule is Cc1ccc2cnn(C3CCCCO3)c2c1C1CCCCC1=O. The number of rotatable bonds is 2. The van der Waals surface area contributed by atoms with Crippen molar-refractivity contribution >= 4 is 16.7 Å². The van der Waals surface area contributed by atoms with Crippen LogP contribution in [0.2, 0.25) is 0 Å². The summed E-state index contributed by atoms with van der Waals surface area (Å²) in [7, 11) is 0. The first-order valence-corrected chi connectivity index (χ1v) is 8.87. The number of aromatic nitrogens is 2. The first kappa shape index (κ1) is 14.9. The van der Waals surface area contributed by atoms with Crippen molar-refractivity contribution in [1.29, 1.82) is 0 Å². The fourth-order valence-corrected chi connectivity index (χ4v) is 4.13. The third-order valence-corrected chi connectivity index (χ3v) is 5.35. The molecule has 0 N–H and O–H groups in total. The summed E-state index contributed by atoms with van der Waals surface area (Å²) >= 11 is 0. The van der Waals surface area contributed by atoms with E-state index in [0.717, 1.165) is 49.6 Å². The molecule has 0 radical (unpaired) electrons. The predicted octanol–water partition coefficient (Wildman–Crippen LogP) is 4.27. The highest BCUT2D eigenvalue weighted by Crippen LogP contribution is 2.38. The Balaban J connectivity index is 1.86. The summed E-state index contributed by atoms with van der Waals surface area (Å²) < 4.78 is 8.00. The Morgan fingerprint density at radius 1 is 1.17 bits per heavy atom. The Bertz CT molecular complexity index is 728. The van der Waals surface area contributed by atoms with Crippen molar-refractivity contribution in [2.75, 3.05) is 6.61 Å². The molecule has 23 heavy (non-hydrogen) atoms. The third-order valence-electron chi connectivity index (χ3n) is 5.35. The van der Waals surface area contributed by atoms with Crippen LogP contribution in [0.5, 0.6) is 0 Å². The van der Waals surface area contributed by atoms with E-state index in [-0.39, 0.29) is 12.1 Å². The first-order valence-electron chi connectivity index (χ1n) is 8.87. The average molecular weight is 312 g/mol. The highest BCUT2D eigenvalue weighted by molar-refractivity contribution is 5.93. The lowest BCUT2D eigenvalue weighted by Crippen LogP contribution is -2.22. The van der Waals surface area contributed by atoms with E-state index in [0.29, 0.717) is 12.2 Å². The molecular formula is C19H24N2O2. The maximum Gasteiger partial charge on any atom is 0.150 e. The summed E-state index contributed by atoms with van der Waals surface area (Å²) in [6.07, 6.45) is 9.10. The molecule has 0 bridgehead atoms. The Morgan fingerprint density at radius 3 is 2.83 bits per heavy atom. The molecule has 1 aliphatic carbocycles. The molecule has 0 spiro atoms. The Hall–Kier alpha value is -1.68. The van der Waals surface area contributed by atoms with Crippen LogP contribution < -0.4 is 0 Å². The van der Waals surface area contributed by atoms with Gasteiger partial charge in [-0.15, -0.1) is 0 Å². The monoisotopic (exact) mass is 312 g/mol. The summed E-state index contributed by atoms with van der Waals surface area (Å²) in [5.74, 6) is 0.427. The second kappa shape index (κ2) is 6.08. The van der Waals surface area contributed by atoms with Crippen molar-refractivity contribution in [3.05, 3.63) is 29.5 Å². The fourth-order valence-electron chi connectivity index (χ4n) is 4.13. The molecule has 2 unspecified atom stereocenters. The zero-order chi connectivity index (χ0) is 15.8. The lowest BCUT2D eigenvalue weighted by Gasteiger charge is -2.27. The Morgan fingerprint density at radius 2 is 2.04 bits per heavy atom. The van der Waals surface area contributed by atoms with Gasteiger partial charge in [0.2, 0.25) is 0 Å². The molecule has 2 atom stereocenters. The summed E-state index contributed by atoms with van der Waals surface area (Å²) in [5, 5.41) is 5.74. The molecule has 2 heterocycles. The van der Waals surface area contributed by atoms with E-state index in [2.05, 4.69) is 24.2 Å². The van der Waals surface area contributed by atoms with Crippen LogP contribution in [-0.4, -0.2) is 22.2 Å². The number of Topliss-reactive ketones (excluding diaryl/α,β-unsaturated/α-hetero) is 1. The van der Waals surface area contributed by atoms with Crippen molar-refractivity contribution in [2.24, 2.45) is 0 Å². The fraction of sp³-hybridized carbons (Fsp3) is 0.579. The van der Waals surface area contributed by atoms with Gasteiger partial charge in [-0.3, -0.25) is 4.79 Å². The van der Waals surface area contributed by atoms with E-state index < -0.39 is 0 Å². The van der Waals surface area contributed by atoms with Crippen LogP contribution in [0.25, 0.3) is 10.9 Å². The van der Waals surface area contributed by atoms with Crippen molar-refractivity contribution in [2.45, 2.75) is 64.0 Å². The van der Waals surface area contributed by atoms with E-state index >= 15 is 0 Å². The molecule has 2 aliphatic rings. The van der Waals surface area contributed by atoms with Crippen LogP contribution in [0, 0.1) is 6.92 Å². The van der Waals surface area contributed by atoms with Crippen LogP contribution in [0.4, 0.5) is 0 Å². The standard InChI is InChI=1S/C19H24N2O2/c1-13-9-10-14-12-20-21(17-8-4-5-11-23-17)19(14)18(13)15-6-2-3-7-16(15)22/h9-10,12,15,17H,2-8,11H2,1H3. The molecule has 122 valence electrons. The molecule has 1 aromatic carbocycles. The number of ether oxygens (including phenoxy) is 1. The second-order valence-electron chi connectivity index (χ2n) is 6.91. The molecule has 1 aromatic heterocycles. The first-order chi connectivity index (χ1) is 11.3. The summed E-state index contributed by atoms with van der Waals surface area (Å²) in [4.78, 5) is 12.5. The van der Waals surface area contributed by atoms with Gasteiger partial charge in [0.05, 0.1) is 11.7 Å². The predicted molar refractivity (Wildman–Crippen MR) is 89.5 cm³/mol. The number of benzene rings is 1. The molecule has 4 rings (SSSR count). The number of carbonyl (C=O) groups excluding carboxylic acids is 1. The Labute approximate surface area is 136 Å². The van der Waals surface area contributed by atoms with Crippen LogP contribution in [0.3, 0.4) is 0 Å². The number of fused-ring (bicyclic) bond motifs is 1. The minimum Gasteiger partial charge on any atom is -0.356 e. The van der Waals surface area contributed by atoms with Gasteiger partial charge in [-0.2, -0.15) is 5.10 Å². The van der Waals surface area contributed by atoms with E-state index in [1.807, 2.05) is 10.9 Å². The summed E-state index contributed by atoms with van der Waals surface area (Å²) in [6.45, 7) is 2.92. The highest BCUT2D eigenvalue weighted by atomic mass is 16.5. The van der Waals surface area contributed by atoms with Gasteiger partial charge < -0.3 is 4.74 Å². The van der Waals surface area contributed by atoms with Gasteiger partial charge in [0.15, 0.2) is 6.23 Å². The van der Waals surface area contributed by atoms with Crippen molar-refractivity contribution in [1.82, 2.24) is 9.78 Å². The van der Waals surface area contributed by atoms with Gasteiger partial charge in [0.25, 0.3) is 0 Å². The van der Waals surface area contributed by atoms with Gasteiger partial charge in [-0.05, 0) is 50.2 Å². The van der Waals surface area contributed by atoms with Gasteiger partial charge in [-0.25, -0.2) is 4.68 Å². The number of nitrogens with zero attached hydrogens (tertiary/aromatic N) is 2. The summed E-state index contributed by atoms with van der Waals surface area (Å²) in [5.41, 5.74) is 3.52. The third kappa shape index (κ3) is 2.59. The normalized spacial score (nSPS) is 25.9. The minimum atomic E-state index is 0.0143.